The zero-order valence-electron chi connectivity index (χ0n) is 10.9. The largest absolute Gasteiger partial charge is 0.494 e. The van der Waals surface area contributed by atoms with Crippen LogP contribution in [0.4, 0.5) is 0 Å². The van der Waals surface area contributed by atoms with E-state index in [1.165, 1.54) is 11.3 Å². The Kier molecular flexibility index (Phi) is 4.26. The minimum absolute atomic E-state index is 0.142. The van der Waals surface area contributed by atoms with E-state index in [0.717, 1.165) is 15.0 Å². The smallest absolute Gasteiger partial charge is 0.265 e. The third-order valence-electron chi connectivity index (χ3n) is 2.73. The lowest BCUT2D eigenvalue weighted by Crippen LogP contribution is -2.23. The van der Waals surface area contributed by atoms with Crippen molar-refractivity contribution in [2.75, 3.05) is 7.11 Å². The van der Waals surface area contributed by atoms with Crippen LogP contribution < -0.4 is 10.1 Å². The summed E-state index contributed by atoms with van der Waals surface area (Å²) in [5, 5.41) is 6.92. The van der Waals surface area contributed by atoms with Crippen LogP contribution in [-0.4, -0.2) is 22.8 Å². The number of ether oxygens (including phenoxy) is 1. The molecule has 0 aromatic carbocycles. The number of carbonyl (C=O) groups excluding carboxylic acids is 1. The van der Waals surface area contributed by atoms with Crippen LogP contribution in [0.2, 0.25) is 0 Å². The molecule has 0 aliphatic rings. The molecule has 0 atom stereocenters. The predicted octanol–water partition coefficient (Wildman–Crippen LogP) is 2.49. The van der Waals surface area contributed by atoms with Gasteiger partial charge in [0.2, 0.25) is 0 Å². The number of nitrogens with zero attached hydrogens (tertiary/aromatic N) is 2. The third kappa shape index (κ3) is 2.82. The van der Waals surface area contributed by atoms with Crippen LogP contribution in [-0.2, 0) is 13.6 Å². The molecule has 1 amide bonds. The van der Waals surface area contributed by atoms with Gasteiger partial charge < -0.3 is 10.1 Å². The maximum Gasteiger partial charge on any atom is 0.265 e. The lowest BCUT2D eigenvalue weighted by Gasteiger charge is -2.06. The Morgan fingerprint density at radius 3 is 2.95 bits per heavy atom. The second kappa shape index (κ2) is 5.75. The van der Waals surface area contributed by atoms with Crippen molar-refractivity contribution in [2.45, 2.75) is 13.5 Å². The average molecular weight is 344 g/mol. The van der Waals surface area contributed by atoms with E-state index < -0.39 is 0 Å². The first-order valence-corrected chi connectivity index (χ1v) is 7.23. The average Bonchev–Trinajstić information content (AvgIpc) is 2.92. The molecule has 102 valence electrons. The quantitative estimate of drug-likeness (QED) is 0.927. The highest BCUT2D eigenvalue weighted by Crippen LogP contribution is 2.38. The van der Waals surface area contributed by atoms with Gasteiger partial charge in [0.05, 0.1) is 23.8 Å². The fourth-order valence-electron chi connectivity index (χ4n) is 1.66. The van der Waals surface area contributed by atoms with Crippen molar-refractivity contribution in [3.05, 3.63) is 32.2 Å². The van der Waals surface area contributed by atoms with Crippen molar-refractivity contribution < 1.29 is 9.53 Å². The van der Waals surface area contributed by atoms with Gasteiger partial charge in [0.1, 0.15) is 4.88 Å². The molecule has 2 rings (SSSR count). The molecule has 0 saturated carbocycles. The number of thiophene rings is 1. The van der Waals surface area contributed by atoms with Crippen LogP contribution in [0.25, 0.3) is 0 Å². The molecule has 0 aliphatic carbocycles. The summed E-state index contributed by atoms with van der Waals surface area (Å²) in [5.41, 5.74) is 0.944. The topological polar surface area (TPSA) is 56.1 Å². The van der Waals surface area contributed by atoms with Crippen molar-refractivity contribution in [3.8, 4) is 5.75 Å². The molecule has 0 unspecified atom stereocenters. The highest BCUT2D eigenvalue weighted by molar-refractivity contribution is 9.10. The summed E-state index contributed by atoms with van der Waals surface area (Å²) in [5.74, 6) is 0.446. The number of methoxy groups -OCH3 is 1. The summed E-state index contributed by atoms with van der Waals surface area (Å²) in [4.78, 5) is 13.8. The summed E-state index contributed by atoms with van der Waals surface area (Å²) in [6.07, 6.45) is 1.70. The number of aryl methyl sites for hydroxylation is 2. The maximum atomic E-state index is 12.2. The Labute approximate surface area is 123 Å². The van der Waals surface area contributed by atoms with Crippen molar-refractivity contribution in [1.82, 2.24) is 15.1 Å². The number of aromatic nitrogens is 2. The first kappa shape index (κ1) is 14.1. The molecule has 2 heterocycles. The SMILES string of the molecule is COc1c(C(=O)NCc2ccnn2C)sc(C)c1Br. The van der Waals surface area contributed by atoms with E-state index in [1.54, 1.807) is 18.0 Å². The lowest BCUT2D eigenvalue weighted by atomic mass is 10.3. The number of hydrogen-bond donors (Lipinski definition) is 1. The van der Waals surface area contributed by atoms with Gasteiger partial charge in [-0.05, 0) is 28.9 Å². The number of amides is 1. The Hall–Kier alpha value is -1.34. The number of rotatable bonds is 4. The summed E-state index contributed by atoms with van der Waals surface area (Å²) in [6, 6.07) is 1.87. The summed E-state index contributed by atoms with van der Waals surface area (Å²) in [7, 11) is 3.40. The van der Waals surface area contributed by atoms with Crippen molar-refractivity contribution >= 4 is 33.2 Å². The Morgan fingerprint density at radius 2 is 2.37 bits per heavy atom. The molecule has 0 saturated heterocycles. The van der Waals surface area contributed by atoms with Gasteiger partial charge in [0.15, 0.2) is 5.75 Å². The number of hydrogen-bond acceptors (Lipinski definition) is 4. The van der Waals surface area contributed by atoms with Crippen LogP contribution in [0.3, 0.4) is 0 Å². The first-order chi connectivity index (χ1) is 9.04. The molecular formula is C12H14BrN3O2S. The van der Waals surface area contributed by atoms with Gasteiger partial charge in [-0.25, -0.2) is 0 Å². The molecular weight excluding hydrogens is 330 g/mol. The van der Waals surface area contributed by atoms with Crippen molar-refractivity contribution in [1.29, 1.82) is 0 Å². The van der Waals surface area contributed by atoms with Crippen LogP contribution in [0, 0.1) is 6.92 Å². The van der Waals surface area contributed by atoms with Gasteiger partial charge in [-0.2, -0.15) is 5.10 Å². The van der Waals surface area contributed by atoms with Gasteiger partial charge >= 0.3 is 0 Å². The number of nitrogens with one attached hydrogen (secondary N) is 1. The van der Waals surface area contributed by atoms with Crippen LogP contribution >= 0.6 is 27.3 Å². The molecule has 0 radical (unpaired) electrons. The molecule has 5 nitrogen and oxygen atoms in total. The van der Waals surface area contributed by atoms with Crippen LogP contribution in [0.1, 0.15) is 20.2 Å². The number of halogens is 1. The molecule has 7 heteroatoms. The monoisotopic (exact) mass is 343 g/mol. The molecule has 19 heavy (non-hydrogen) atoms. The molecule has 0 fully saturated rings. The fraction of sp³-hybridized carbons (Fsp3) is 0.333. The van der Waals surface area contributed by atoms with E-state index in [1.807, 2.05) is 20.0 Å². The van der Waals surface area contributed by atoms with Crippen LogP contribution in [0.15, 0.2) is 16.7 Å². The molecule has 0 aliphatic heterocycles. The summed E-state index contributed by atoms with van der Waals surface area (Å²) < 4.78 is 7.83. The minimum Gasteiger partial charge on any atom is -0.494 e. The van der Waals surface area contributed by atoms with Gasteiger partial charge in [-0.1, -0.05) is 0 Å². The zero-order valence-corrected chi connectivity index (χ0v) is 13.3. The molecule has 1 N–H and O–H groups in total. The second-order valence-corrected chi connectivity index (χ2v) is 5.98. The zero-order chi connectivity index (χ0) is 14.0. The Bertz CT molecular complexity index is 606. The van der Waals surface area contributed by atoms with Gasteiger partial charge in [-0.3, -0.25) is 9.48 Å². The van der Waals surface area contributed by atoms with Crippen LogP contribution in [0.5, 0.6) is 5.75 Å². The first-order valence-electron chi connectivity index (χ1n) is 5.62. The van der Waals surface area contributed by atoms with E-state index in [-0.39, 0.29) is 5.91 Å². The Balaban J connectivity index is 2.12. The van der Waals surface area contributed by atoms with Gasteiger partial charge in [0.25, 0.3) is 5.91 Å². The summed E-state index contributed by atoms with van der Waals surface area (Å²) >= 11 is 4.83. The standard InChI is InChI=1S/C12H14BrN3O2S/c1-7-9(13)10(18-3)11(19-7)12(17)14-6-8-4-5-15-16(8)2/h4-5H,6H2,1-3H3,(H,14,17). The van der Waals surface area contributed by atoms with Gasteiger partial charge in [0, 0.05) is 18.1 Å². The van der Waals surface area contributed by atoms with E-state index in [4.69, 9.17) is 4.74 Å². The van der Waals surface area contributed by atoms with Crippen molar-refractivity contribution in [2.24, 2.45) is 7.05 Å². The molecule has 2 aromatic heterocycles. The normalized spacial score (nSPS) is 10.5. The van der Waals surface area contributed by atoms with Crippen molar-refractivity contribution in [3.63, 3.8) is 0 Å². The Morgan fingerprint density at radius 1 is 1.63 bits per heavy atom. The third-order valence-corrected chi connectivity index (χ3v) is 5.04. The fourth-order valence-corrected chi connectivity index (χ4v) is 3.33. The van der Waals surface area contributed by atoms with Gasteiger partial charge in [-0.15, -0.1) is 11.3 Å². The minimum atomic E-state index is -0.142. The maximum absolute atomic E-state index is 12.2. The molecule has 2 aromatic rings. The van der Waals surface area contributed by atoms with E-state index in [2.05, 4.69) is 26.3 Å². The predicted molar refractivity (Wildman–Crippen MR) is 77.7 cm³/mol. The number of carbonyl (C=O) groups is 1. The van der Waals surface area contributed by atoms with E-state index in [0.29, 0.717) is 17.2 Å². The highest BCUT2D eigenvalue weighted by atomic mass is 79.9. The second-order valence-electron chi connectivity index (χ2n) is 3.96. The highest BCUT2D eigenvalue weighted by Gasteiger charge is 2.20. The van der Waals surface area contributed by atoms with E-state index in [9.17, 15) is 4.79 Å². The summed E-state index contributed by atoms with van der Waals surface area (Å²) in [6.45, 7) is 2.38. The molecule has 0 spiro atoms. The lowest BCUT2D eigenvalue weighted by molar-refractivity contribution is 0.0951. The molecule has 0 bridgehead atoms. The van der Waals surface area contributed by atoms with E-state index >= 15 is 0 Å².